The first-order chi connectivity index (χ1) is 10.2. The van der Waals surface area contributed by atoms with E-state index in [1.54, 1.807) is 6.92 Å². The number of hydrogen-bond donors (Lipinski definition) is 2. The number of nitrogens with one attached hydrogen (secondary N) is 1. The zero-order valence-corrected chi connectivity index (χ0v) is 12.9. The molecule has 9 heteroatoms. The van der Waals surface area contributed by atoms with Crippen LogP contribution in [-0.4, -0.2) is 50.9 Å². The van der Waals surface area contributed by atoms with E-state index in [4.69, 9.17) is 5.73 Å². The van der Waals surface area contributed by atoms with Crippen molar-refractivity contribution in [3.05, 3.63) is 29.8 Å². The van der Waals surface area contributed by atoms with Crippen LogP contribution in [0.15, 0.2) is 23.1 Å². The third-order valence-corrected chi connectivity index (χ3v) is 5.87. The lowest BCUT2D eigenvalue weighted by Gasteiger charge is -2.33. The van der Waals surface area contributed by atoms with Crippen LogP contribution in [0.3, 0.4) is 0 Å². The molecule has 0 aromatic heterocycles. The summed E-state index contributed by atoms with van der Waals surface area (Å²) in [5.41, 5.74) is 5.23. The van der Waals surface area contributed by atoms with Crippen molar-refractivity contribution in [2.75, 3.05) is 26.2 Å². The van der Waals surface area contributed by atoms with Gasteiger partial charge in [-0.1, -0.05) is 6.07 Å². The van der Waals surface area contributed by atoms with Crippen LogP contribution in [0.1, 0.15) is 6.92 Å². The van der Waals surface area contributed by atoms with E-state index in [9.17, 15) is 22.0 Å². The van der Waals surface area contributed by atoms with Crippen molar-refractivity contribution < 1.29 is 26.9 Å². The Hall–Kier alpha value is -1.58. The molecule has 1 aliphatic rings. The lowest BCUT2D eigenvalue weighted by atomic mass is 10.2. The second-order valence-electron chi connectivity index (χ2n) is 5.24. The normalized spacial score (nSPS) is 19.0. The third-order valence-electron chi connectivity index (χ3n) is 3.92. The fourth-order valence-electron chi connectivity index (χ4n) is 2.51. The van der Waals surface area contributed by atoms with Gasteiger partial charge in [0.2, 0.25) is 10.0 Å². The monoisotopic (exact) mass is 334 g/mol. The molecule has 2 rings (SSSR count). The third kappa shape index (κ3) is 3.11. The van der Waals surface area contributed by atoms with E-state index >= 15 is 0 Å². The summed E-state index contributed by atoms with van der Waals surface area (Å²) in [7, 11) is -4.24. The summed E-state index contributed by atoms with van der Waals surface area (Å²) in [6, 6.07) is 2.49. The zero-order valence-electron chi connectivity index (χ0n) is 12.1. The number of primary amides is 1. The van der Waals surface area contributed by atoms with Crippen molar-refractivity contribution in [1.29, 1.82) is 0 Å². The molecule has 1 amide bonds. The molecule has 1 fully saturated rings. The summed E-state index contributed by atoms with van der Waals surface area (Å²) in [6.45, 7) is 2.50. The van der Waals surface area contributed by atoms with Gasteiger partial charge in [0, 0.05) is 0 Å². The molecule has 0 aliphatic carbocycles. The minimum Gasteiger partial charge on any atom is -0.365 e. The van der Waals surface area contributed by atoms with Gasteiger partial charge in [0.1, 0.15) is 11.6 Å². The Morgan fingerprint density at radius 2 is 1.77 bits per heavy atom. The molecule has 1 heterocycles. The summed E-state index contributed by atoms with van der Waals surface area (Å²) in [4.78, 5) is 11.1. The van der Waals surface area contributed by atoms with Crippen LogP contribution < -0.4 is 10.6 Å². The van der Waals surface area contributed by atoms with Crippen LogP contribution in [0, 0.1) is 11.6 Å². The highest BCUT2D eigenvalue weighted by molar-refractivity contribution is 7.89. The van der Waals surface area contributed by atoms with Crippen LogP contribution >= 0.6 is 0 Å². The number of piperazine rings is 1. The molecule has 0 radical (unpaired) electrons. The number of rotatable bonds is 4. The van der Waals surface area contributed by atoms with Crippen LogP contribution in [0.4, 0.5) is 8.78 Å². The Kier molecular flexibility index (Phi) is 4.78. The maximum absolute atomic E-state index is 13.7. The number of carbonyl (C=O) groups excluding carboxylic acids is 1. The maximum Gasteiger partial charge on any atom is 0.275 e. The number of carbonyl (C=O) groups is 1. The molecule has 1 aromatic carbocycles. The van der Waals surface area contributed by atoms with Crippen LogP contribution in [0.25, 0.3) is 0 Å². The number of halogens is 2. The van der Waals surface area contributed by atoms with Crippen LogP contribution in [0.2, 0.25) is 0 Å². The first kappa shape index (κ1) is 16.8. The van der Waals surface area contributed by atoms with Crippen molar-refractivity contribution in [3.8, 4) is 0 Å². The van der Waals surface area contributed by atoms with Crippen LogP contribution in [-0.2, 0) is 14.8 Å². The highest BCUT2D eigenvalue weighted by Gasteiger charge is 2.36. The van der Waals surface area contributed by atoms with E-state index in [1.807, 2.05) is 0 Å². The number of amides is 1. The molecule has 6 nitrogen and oxygen atoms in total. The highest BCUT2D eigenvalue weighted by atomic mass is 32.2. The van der Waals surface area contributed by atoms with Crippen molar-refractivity contribution in [2.24, 2.45) is 5.73 Å². The van der Waals surface area contributed by atoms with Gasteiger partial charge in [0.05, 0.1) is 26.2 Å². The van der Waals surface area contributed by atoms with Crippen LogP contribution in [0.5, 0.6) is 0 Å². The number of nitrogens with zero attached hydrogens (tertiary/aromatic N) is 1. The van der Waals surface area contributed by atoms with Gasteiger partial charge in [-0.15, -0.1) is 0 Å². The fourth-order valence-corrected chi connectivity index (χ4v) is 4.06. The average Bonchev–Trinajstić information content (AvgIpc) is 2.46. The number of benzene rings is 1. The van der Waals surface area contributed by atoms with E-state index < -0.39 is 38.5 Å². The molecule has 0 saturated carbocycles. The standard InChI is InChI=1S/C13H17F2N3O3S/c1-9(13(16)19)17-5-7-18(8-6-17)22(20,21)12-10(14)3-2-4-11(12)15/h2-4,9H,5-8H2,1H3,(H2,16,19)/p+1/t9-/m1/s1. The fraction of sp³-hybridized carbons (Fsp3) is 0.462. The van der Waals surface area contributed by atoms with Gasteiger partial charge in [0.25, 0.3) is 5.91 Å². The van der Waals surface area contributed by atoms with E-state index in [-0.39, 0.29) is 13.1 Å². The molecule has 122 valence electrons. The summed E-state index contributed by atoms with van der Waals surface area (Å²) in [5.74, 6) is -2.69. The number of hydrogen-bond acceptors (Lipinski definition) is 3. The predicted molar refractivity (Wildman–Crippen MR) is 74.5 cm³/mol. The van der Waals surface area contributed by atoms with Gasteiger partial charge in [-0.3, -0.25) is 4.79 Å². The first-order valence-electron chi connectivity index (χ1n) is 6.83. The Balaban J connectivity index is 2.19. The van der Waals surface area contributed by atoms with Gasteiger partial charge < -0.3 is 10.6 Å². The van der Waals surface area contributed by atoms with E-state index in [1.165, 1.54) is 0 Å². The molecule has 3 N–H and O–H groups in total. The Morgan fingerprint density at radius 3 is 2.23 bits per heavy atom. The summed E-state index contributed by atoms with van der Waals surface area (Å²) in [5, 5.41) is 0. The second kappa shape index (κ2) is 6.27. The zero-order chi connectivity index (χ0) is 16.5. The van der Waals surface area contributed by atoms with Crippen molar-refractivity contribution in [3.63, 3.8) is 0 Å². The lowest BCUT2D eigenvalue weighted by molar-refractivity contribution is -0.917. The van der Waals surface area contributed by atoms with Gasteiger partial charge in [-0.25, -0.2) is 17.2 Å². The van der Waals surface area contributed by atoms with Gasteiger partial charge in [-0.05, 0) is 19.1 Å². The molecular formula is C13H18F2N3O3S+. The quantitative estimate of drug-likeness (QED) is 0.720. The molecule has 1 aliphatic heterocycles. The number of quaternary nitrogens is 1. The van der Waals surface area contributed by atoms with Crippen molar-refractivity contribution in [2.45, 2.75) is 17.9 Å². The van der Waals surface area contributed by atoms with Gasteiger partial charge in [-0.2, -0.15) is 4.31 Å². The molecule has 0 bridgehead atoms. The molecular weight excluding hydrogens is 316 g/mol. The Labute approximate surface area is 127 Å². The minimum absolute atomic E-state index is 0.0725. The molecule has 1 atom stereocenters. The lowest BCUT2D eigenvalue weighted by Crippen LogP contribution is -3.19. The minimum atomic E-state index is -4.24. The SMILES string of the molecule is C[C@H](C(N)=O)[NH+]1CCN(S(=O)(=O)c2c(F)cccc2F)CC1. The Morgan fingerprint density at radius 1 is 1.27 bits per heavy atom. The number of nitrogens with two attached hydrogens (primary N) is 1. The van der Waals surface area contributed by atoms with E-state index in [0.29, 0.717) is 13.1 Å². The smallest absolute Gasteiger partial charge is 0.275 e. The van der Waals surface area contributed by atoms with Crippen molar-refractivity contribution >= 4 is 15.9 Å². The molecule has 1 aromatic rings. The molecule has 0 spiro atoms. The summed E-state index contributed by atoms with van der Waals surface area (Å²) < 4.78 is 53.2. The van der Waals surface area contributed by atoms with Gasteiger partial charge >= 0.3 is 0 Å². The van der Waals surface area contributed by atoms with Gasteiger partial charge in [0.15, 0.2) is 10.9 Å². The average molecular weight is 334 g/mol. The molecule has 22 heavy (non-hydrogen) atoms. The maximum atomic E-state index is 13.7. The molecule has 0 unspecified atom stereocenters. The highest BCUT2D eigenvalue weighted by Crippen LogP contribution is 2.22. The Bertz CT molecular complexity index is 653. The van der Waals surface area contributed by atoms with E-state index in [0.717, 1.165) is 27.4 Å². The largest absolute Gasteiger partial charge is 0.365 e. The number of sulfonamides is 1. The first-order valence-corrected chi connectivity index (χ1v) is 8.27. The molecule has 1 saturated heterocycles. The summed E-state index contributed by atoms with van der Waals surface area (Å²) >= 11 is 0. The van der Waals surface area contributed by atoms with Crippen molar-refractivity contribution in [1.82, 2.24) is 4.31 Å². The second-order valence-corrected chi connectivity index (χ2v) is 7.11. The summed E-state index contributed by atoms with van der Waals surface area (Å²) in [6.07, 6.45) is 0. The van der Waals surface area contributed by atoms with E-state index in [2.05, 4.69) is 0 Å². The topological polar surface area (TPSA) is 84.9 Å². The predicted octanol–water partition coefficient (Wildman–Crippen LogP) is -1.27.